The standard InChI is InChI=1S/C15H24N2O2/c1-11-13(15(19-3)17(2)16-11)14(18)12-9-7-5-4-6-8-10-12/h9,14,18H,4-8,10H2,1-3H3. The van der Waals surface area contributed by atoms with Crippen molar-refractivity contribution in [3.8, 4) is 5.88 Å². The Morgan fingerprint density at radius 2 is 2.05 bits per heavy atom. The fraction of sp³-hybridized carbons (Fsp3) is 0.667. The van der Waals surface area contributed by atoms with Gasteiger partial charge in [-0.15, -0.1) is 0 Å². The van der Waals surface area contributed by atoms with Crippen molar-refractivity contribution in [1.82, 2.24) is 9.78 Å². The molecule has 0 saturated heterocycles. The van der Waals surface area contributed by atoms with Gasteiger partial charge in [0.25, 0.3) is 0 Å². The molecule has 2 rings (SSSR count). The second-order valence-electron chi connectivity index (χ2n) is 5.27. The highest BCUT2D eigenvalue weighted by Gasteiger charge is 2.24. The molecule has 19 heavy (non-hydrogen) atoms. The summed E-state index contributed by atoms with van der Waals surface area (Å²) in [4.78, 5) is 0. The lowest BCUT2D eigenvalue weighted by Gasteiger charge is -2.18. The molecule has 1 heterocycles. The van der Waals surface area contributed by atoms with Crippen LogP contribution in [-0.2, 0) is 7.05 Å². The van der Waals surface area contributed by atoms with E-state index in [0.717, 1.165) is 36.1 Å². The maximum Gasteiger partial charge on any atom is 0.217 e. The number of aliphatic hydroxyl groups is 1. The molecule has 0 spiro atoms. The Labute approximate surface area is 115 Å². The van der Waals surface area contributed by atoms with Gasteiger partial charge in [-0.1, -0.05) is 18.9 Å². The molecule has 4 nitrogen and oxygen atoms in total. The Balaban J connectivity index is 2.29. The van der Waals surface area contributed by atoms with Gasteiger partial charge in [-0.05, 0) is 38.2 Å². The average molecular weight is 264 g/mol. The van der Waals surface area contributed by atoms with Gasteiger partial charge in [-0.3, -0.25) is 0 Å². The molecule has 1 aliphatic carbocycles. The molecule has 0 radical (unpaired) electrons. The number of allylic oxidation sites excluding steroid dienone is 1. The quantitative estimate of drug-likeness (QED) is 0.854. The van der Waals surface area contributed by atoms with E-state index in [-0.39, 0.29) is 0 Å². The van der Waals surface area contributed by atoms with Gasteiger partial charge in [-0.25, -0.2) is 4.68 Å². The van der Waals surface area contributed by atoms with Crippen molar-refractivity contribution in [3.05, 3.63) is 22.9 Å². The summed E-state index contributed by atoms with van der Waals surface area (Å²) in [6, 6.07) is 0. The molecule has 1 unspecified atom stereocenters. The smallest absolute Gasteiger partial charge is 0.217 e. The van der Waals surface area contributed by atoms with Crippen LogP contribution in [0.3, 0.4) is 0 Å². The van der Waals surface area contributed by atoms with Crippen LogP contribution in [-0.4, -0.2) is 22.0 Å². The Hall–Kier alpha value is -1.29. The lowest BCUT2D eigenvalue weighted by atomic mass is 9.93. The molecular weight excluding hydrogens is 240 g/mol. The lowest BCUT2D eigenvalue weighted by molar-refractivity contribution is 0.202. The summed E-state index contributed by atoms with van der Waals surface area (Å²) in [5, 5.41) is 15.0. The van der Waals surface area contributed by atoms with Crippen molar-refractivity contribution in [2.75, 3.05) is 7.11 Å². The van der Waals surface area contributed by atoms with Gasteiger partial charge in [0.05, 0.1) is 18.4 Å². The fourth-order valence-electron chi connectivity index (χ4n) is 2.86. The number of methoxy groups -OCH3 is 1. The van der Waals surface area contributed by atoms with Crippen LogP contribution in [0.15, 0.2) is 11.6 Å². The first kappa shape index (κ1) is 14.1. The Bertz CT molecular complexity index is 463. The van der Waals surface area contributed by atoms with Crippen LogP contribution in [0.25, 0.3) is 0 Å². The summed E-state index contributed by atoms with van der Waals surface area (Å²) in [6.45, 7) is 1.92. The number of hydrogen-bond acceptors (Lipinski definition) is 3. The molecule has 1 aromatic heterocycles. The third-order valence-corrected chi connectivity index (χ3v) is 3.86. The minimum absolute atomic E-state index is 0.582. The predicted octanol–water partition coefficient (Wildman–Crippen LogP) is 3.05. The molecule has 1 N–H and O–H groups in total. The van der Waals surface area contributed by atoms with E-state index < -0.39 is 6.10 Å². The second kappa shape index (κ2) is 6.24. The minimum atomic E-state index is -0.582. The zero-order valence-electron chi connectivity index (χ0n) is 12.1. The highest BCUT2D eigenvalue weighted by Crippen LogP contribution is 2.35. The van der Waals surface area contributed by atoms with Crippen LogP contribution in [0.5, 0.6) is 5.88 Å². The second-order valence-corrected chi connectivity index (χ2v) is 5.27. The van der Waals surface area contributed by atoms with Gasteiger partial charge < -0.3 is 9.84 Å². The number of nitrogens with zero attached hydrogens (tertiary/aromatic N) is 2. The number of aliphatic hydroxyl groups excluding tert-OH is 1. The van der Waals surface area contributed by atoms with Gasteiger partial charge in [-0.2, -0.15) is 5.10 Å². The minimum Gasteiger partial charge on any atom is -0.481 e. The molecule has 0 aromatic carbocycles. The van der Waals surface area contributed by atoms with E-state index >= 15 is 0 Å². The number of rotatable bonds is 3. The van der Waals surface area contributed by atoms with Crippen molar-refractivity contribution in [2.45, 2.75) is 51.6 Å². The Morgan fingerprint density at radius 3 is 2.79 bits per heavy atom. The van der Waals surface area contributed by atoms with Crippen LogP contribution >= 0.6 is 0 Å². The third kappa shape index (κ3) is 3.00. The fourth-order valence-corrected chi connectivity index (χ4v) is 2.86. The van der Waals surface area contributed by atoms with Crippen LogP contribution in [0.1, 0.15) is 55.9 Å². The van der Waals surface area contributed by atoms with Crippen LogP contribution < -0.4 is 4.74 Å². The van der Waals surface area contributed by atoms with E-state index in [9.17, 15) is 5.11 Å². The van der Waals surface area contributed by atoms with Gasteiger partial charge in [0.2, 0.25) is 5.88 Å². The Morgan fingerprint density at radius 1 is 1.32 bits per heavy atom. The highest BCUT2D eigenvalue weighted by molar-refractivity contribution is 5.38. The number of ether oxygens (including phenoxy) is 1. The lowest BCUT2D eigenvalue weighted by Crippen LogP contribution is -2.06. The zero-order valence-corrected chi connectivity index (χ0v) is 12.1. The van der Waals surface area contributed by atoms with Crippen LogP contribution in [0, 0.1) is 6.92 Å². The van der Waals surface area contributed by atoms with Gasteiger partial charge in [0, 0.05) is 7.05 Å². The van der Waals surface area contributed by atoms with Gasteiger partial charge >= 0.3 is 0 Å². The first-order chi connectivity index (χ1) is 9.15. The van der Waals surface area contributed by atoms with E-state index in [0.29, 0.717) is 5.88 Å². The third-order valence-electron chi connectivity index (χ3n) is 3.86. The van der Waals surface area contributed by atoms with Gasteiger partial charge in [0.1, 0.15) is 6.10 Å². The maximum absolute atomic E-state index is 10.7. The molecule has 0 saturated carbocycles. The predicted molar refractivity (Wildman–Crippen MR) is 75.2 cm³/mol. The Kier molecular flexibility index (Phi) is 4.64. The summed E-state index contributed by atoms with van der Waals surface area (Å²) in [5.41, 5.74) is 2.78. The van der Waals surface area contributed by atoms with E-state index in [1.165, 1.54) is 19.3 Å². The summed E-state index contributed by atoms with van der Waals surface area (Å²) < 4.78 is 7.07. The monoisotopic (exact) mass is 264 g/mol. The molecule has 0 amide bonds. The zero-order chi connectivity index (χ0) is 13.8. The topological polar surface area (TPSA) is 47.3 Å². The average Bonchev–Trinajstić information content (AvgIpc) is 2.62. The molecule has 0 aliphatic heterocycles. The molecule has 1 aliphatic rings. The highest BCUT2D eigenvalue weighted by atomic mass is 16.5. The van der Waals surface area contributed by atoms with Crippen molar-refractivity contribution >= 4 is 0 Å². The van der Waals surface area contributed by atoms with Crippen molar-refractivity contribution in [2.24, 2.45) is 7.05 Å². The van der Waals surface area contributed by atoms with Crippen LogP contribution in [0.4, 0.5) is 0 Å². The van der Waals surface area contributed by atoms with Crippen LogP contribution in [0.2, 0.25) is 0 Å². The molecule has 0 fully saturated rings. The first-order valence-corrected chi connectivity index (χ1v) is 7.09. The summed E-state index contributed by atoms with van der Waals surface area (Å²) in [6.07, 6.45) is 8.59. The van der Waals surface area contributed by atoms with E-state index in [1.807, 2.05) is 14.0 Å². The summed E-state index contributed by atoms with van der Waals surface area (Å²) in [5.74, 6) is 0.660. The van der Waals surface area contributed by atoms with E-state index in [4.69, 9.17) is 4.74 Å². The molecule has 4 heteroatoms. The number of aryl methyl sites for hydroxylation is 2. The first-order valence-electron chi connectivity index (χ1n) is 7.09. The molecular formula is C15H24N2O2. The van der Waals surface area contributed by atoms with E-state index in [2.05, 4.69) is 11.2 Å². The maximum atomic E-state index is 10.7. The molecule has 0 bridgehead atoms. The summed E-state index contributed by atoms with van der Waals surface area (Å²) >= 11 is 0. The number of hydrogen-bond donors (Lipinski definition) is 1. The normalized spacial score (nSPS) is 18.4. The van der Waals surface area contributed by atoms with Crippen molar-refractivity contribution in [3.63, 3.8) is 0 Å². The van der Waals surface area contributed by atoms with Gasteiger partial charge in [0.15, 0.2) is 0 Å². The largest absolute Gasteiger partial charge is 0.481 e. The molecule has 1 atom stereocenters. The van der Waals surface area contributed by atoms with Crippen molar-refractivity contribution in [1.29, 1.82) is 0 Å². The SMILES string of the molecule is COc1c(C(O)C2=CCCCCCC2)c(C)nn1C. The summed E-state index contributed by atoms with van der Waals surface area (Å²) in [7, 11) is 3.47. The van der Waals surface area contributed by atoms with Crippen molar-refractivity contribution < 1.29 is 9.84 Å². The number of aromatic nitrogens is 2. The molecule has 1 aromatic rings. The molecule has 106 valence electrons. The van der Waals surface area contributed by atoms with E-state index in [1.54, 1.807) is 11.8 Å².